The highest BCUT2D eigenvalue weighted by Gasteiger charge is 2.15. The predicted molar refractivity (Wildman–Crippen MR) is 72.1 cm³/mol. The SMILES string of the molecule is CCC.N=CN.NC=O.O=C(CO)N1CCCC1. The summed E-state index contributed by atoms with van der Waals surface area (Å²) in [5.41, 5.74) is 8.56. The topological polar surface area (TPSA) is 134 Å². The molecule has 1 rings (SSSR count). The number of aliphatic hydroxyl groups excluding tert-OH is 1. The molecule has 0 aromatic heterocycles. The maximum atomic E-state index is 10.7. The van der Waals surface area contributed by atoms with E-state index in [9.17, 15) is 4.79 Å². The summed E-state index contributed by atoms with van der Waals surface area (Å²) < 4.78 is 0. The van der Waals surface area contributed by atoms with Crippen molar-refractivity contribution in [3.05, 3.63) is 0 Å². The average Bonchev–Trinajstić information content (AvgIpc) is 2.85. The highest BCUT2D eigenvalue weighted by molar-refractivity contribution is 5.77. The number of carbonyl (C=O) groups excluding carboxylic acids is 2. The van der Waals surface area contributed by atoms with E-state index in [1.54, 1.807) is 4.90 Å². The van der Waals surface area contributed by atoms with Crippen LogP contribution in [0.3, 0.4) is 0 Å². The third kappa shape index (κ3) is 19.9. The Morgan fingerprint density at radius 2 is 1.61 bits per heavy atom. The van der Waals surface area contributed by atoms with Crippen LogP contribution < -0.4 is 11.5 Å². The molecular formula is C11H26N4O3. The number of hydrogen-bond donors (Lipinski definition) is 4. The van der Waals surface area contributed by atoms with Gasteiger partial charge < -0.3 is 21.5 Å². The molecule has 0 bridgehead atoms. The molecule has 2 amide bonds. The Balaban J connectivity index is -0.000000210. The number of hydrogen-bond acceptors (Lipinski definition) is 4. The molecule has 0 radical (unpaired) electrons. The van der Waals surface area contributed by atoms with Gasteiger partial charge in [-0.25, -0.2) is 0 Å². The number of carbonyl (C=O) groups is 2. The second-order valence-electron chi connectivity index (χ2n) is 3.26. The van der Waals surface area contributed by atoms with Crippen LogP contribution in [0.25, 0.3) is 0 Å². The van der Waals surface area contributed by atoms with Crippen LogP contribution >= 0.6 is 0 Å². The van der Waals surface area contributed by atoms with E-state index in [-0.39, 0.29) is 18.9 Å². The third-order valence-electron chi connectivity index (χ3n) is 1.59. The normalized spacial score (nSPS) is 11.6. The van der Waals surface area contributed by atoms with Crippen LogP contribution in [0.5, 0.6) is 0 Å². The molecule has 0 aliphatic carbocycles. The minimum absolute atomic E-state index is 0.132. The van der Waals surface area contributed by atoms with Gasteiger partial charge in [0.15, 0.2) is 0 Å². The lowest BCUT2D eigenvalue weighted by molar-refractivity contribution is -0.133. The lowest BCUT2D eigenvalue weighted by atomic mass is 10.4. The van der Waals surface area contributed by atoms with Crippen LogP contribution in [0.4, 0.5) is 0 Å². The molecule has 0 aromatic carbocycles. The predicted octanol–water partition coefficient (Wildman–Crippen LogP) is -0.329. The fraction of sp³-hybridized carbons (Fsp3) is 0.727. The molecule has 108 valence electrons. The van der Waals surface area contributed by atoms with Gasteiger partial charge in [-0.05, 0) is 12.8 Å². The number of nitrogens with zero attached hydrogens (tertiary/aromatic N) is 1. The van der Waals surface area contributed by atoms with Crippen molar-refractivity contribution < 1.29 is 14.7 Å². The fourth-order valence-electron chi connectivity index (χ4n) is 1.07. The number of primary amides is 1. The molecule has 0 spiro atoms. The largest absolute Gasteiger partial charge is 0.390 e. The summed E-state index contributed by atoms with van der Waals surface area (Å²) in [6.07, 6.45) is 4.43. The van der Waals surface area contributed by atoms with E-state index in [1.165, 1.54) is 6.42 Å². The van der Waals surface area contributed by atoms with Crippen molar-refractivity contribution in [3.63, 3.8) is 0 Å². The molecule has 18 heavy (non-hydrogen) atoms. The Morgan fingerprint density at radius 1 is 1.33 bits per heavy atom. The van der Waals surface area contributed by atoms with Gasteiger partial charge in [0.25, 0.3) is 0 Å². The molecule has 0 atom stereocenters. The molecule has 6 N–H and O–H groups in total. The van der Waals surface area contributed by atoms with E-state index < -0.39 is 0 Å². The standard InChI is InChI=1S/C6H11NO2.C3H8.CH4N2.CH3NO/c8-5-6(9)7-3-1-2-4-7;1-3-2;2*2-1-3/h8H,1-5H2;3H2,1-2H3;1H,(H3,2,3);1H,(H2,2,3). The van der Waals surface area contributed by atoms with Crippen molar-refractivity contribution in [1.29, 1.82) is 5.41 Å². The first-order chi connectivity index (χ1) is 8.59. The summed E-state index contributed by atoms with van der Waals surface area (Å²) in [7, 11) is 0. The van der Waals surface area contributed by atoms with E-state index in [0.717, 1.165) is 32.3 Å². The highest BCUT2D eigenvalue weighted by Crippen LogP contribution is 2.06. The number of amides is 2. The zero-order valence-corrected chi connectivity index (χ0v) is 11.3. The lowest BCUT2D eigenvalue weighted by Crippen LogP contribution is -2.29. The van der Waals surface area contributed by atoms with Gasteiger partial charge in [-0.1, -0.05) is 20.3 Å². The molecule has 7 heteroatoms. The molecular weight excluding hydrogens is 236 g/mol. The third-order valence-corrected chi connectivity index (χ3v) is 1.59. The van der Waals surface area contributed by atoms with Gasteiger partial charge >= 0.3 is 0 Å². The van der Waals surface area contributed by atoms with Crippen LogP contribution in [0, 0.1) is 5.41 Å². The first-order valence-electron chi connectivity index (χ1n) is 5.84. The van der Waals surface area contributed by atoms with Gasteiger partial charge in [-0.15, -0.1) is 0 Å². The monoisotopic (exact) mass is 262 g/mol. The van der Waals surface area contributed by atoms with Crippen LogP contribution in [0.15, 0.2) is 0 Å². The summed E-state index contributed by atoms with van der Waals surface area (Å²) in [6.45, 7) is 5.58. The average molecular weight is 262 g/mol. The zero-order valence-electron chi connectivity index (χ0n) is 11.3. The Bertz CT molecular complexity index is 189. The summed E-state index contributed by atoms with van der Waals surface area (Å²) in [5.74, 6) is -0.132. The molecule has 7 nitrogen and oxygen atoms in total. The number of likely N-dealkylation sites (tertiary alicyclic amines) is 1. The van der Waals surface area contributed by atoms with E-state index in [2.05, 4.69) is 25.3 Å². The van der Waals surface area contributed by atoms with Crippen LogP contribution in [0.2, 0.25) is 0 Å². The molecule has 1 heterocycles. The van der Waals surface area contributed by atoms with E-state index in [0.29, 0.717) is 0 Å². The minimum atomic E-state index is -0.333. The summed E-state index contributed by atoms with van der Waals surface area (Å²) in [4.78, 5) is 21.0. The van der Waals surface area contributed by atoms with E-state index >= 15 is 0 Å². The molecule has 1 aliphatic heterocycles. The van der Waals surface area contributed by atoms with Crippen molar-refractivity contribution in [2.24, 2.45) is 11.5 Å². The number of rotatable bonds is 1. The highest BCUT2D eigenvalue weighted by atomic mass is 16.3. The van der Waals surface area contributed by atoms with Gasteiger partial charge in [-0.2, -0.15) is 0 Å². The summed E-state index contributed by atoms with van der Waals surface area (Å²) in [5, 5.41) is 14.3. The molecule has 0 saturated carbocycles. The maximum absolute atomic E-state index is 10.7. The number of nitrogens with two attached hydrogens (primary N) is 2. The van der Waals surface area contributed by atoms with Gasteiger partial charge in [-0.3, -0.25) is 15.0 Å². The van der Waals surface area contributed by atoms with Gasteiger partial charge in [0, 0.05) is 13.1 Å². The molecule has 0 unspecified atom stereocenters. The van der Waals surface area contributed by atoms with Crippen LogP contribution in [-0.2, 0) is 9.59 Å². The van der Waals surface area contributed by atoms with Gasteiger partial charge in [0.2, 0.25) is 12.3 Å². The lowest BCUT2D eigenvalue weighted by Gasteiger charge is -2.11. The molecule has 1 aliphatic rings. The Kier molecular flexibility index (Phi) is 24.9. The van der Waals surface area contributed by atoms with Gasteiger partial charge in [0.1, 0.15) is 6.61 Å². The zero-order chi connectivity index (χ0) is 14.8. The van der Waals surface area contributed by atoms with Crippen LogP contribution in [0.1, 0.15) is 33.1 Å². The van der Waals surface area contributed by atoms with E-state index in [1.807, 2.05) is 0 Å². The van der Waals surface area contributed by atoms with Crippen LogP contribution in [-0.4, -0.2) is 48.4 Å². The molecule has 0 aromatic rings. The second kappa shape index (κ2) is 20.7. The fourth-order valence-corrected chi connectivity index (χ4v) is 1.07. The number of aliphatic hydroxyl groups is 1. The van der Waals surface area contributed by atoms with Crippen molar-refractivity contribution in [2.45, 2.75) is 33.1 Å². The number of nitrogens with one attached hydrogen (secondary N) is 1. The van der Waals surface area contributed by atoms with Crippen molar-refractivity contribution >= 4 is 18.7 Å². The second-order valence-corrected chi connectivity index (χ2v) is 3.26. The molecule has 1 saturated heterocycles. The van der Waals surface area contributed by atoms with Gasteiger partial charge in [0.05, 0.1) is 6.34 Å². The smallest absolute Gasteiger partial charge is 0.248 e. The first kappa shape index (κ1) is 21.6. The Labute approximate surface area is 109 Å². The summed E-state index contributed by atoms with van der Waals surface area (Å²) >= 11 is 0. The van der Waals surface area contributed by atoms with E-state index in [4.69, 9.17) is 15.3 Å². The summed E-state index contributed by atoms with van der Waals surface area (Å²) in [6, 6.07) is 0. The first-order valence-corrected chi connectivity index (χ1v) is 5.84. The van der Waals surface area contributed by atoms with Crippen molar-refractivity contribution in [1.82, 2.24) is 4.90 Å². The Morgan fingerprint density at radius 3 is 1.83 bits per heavy atom. The quantitative estimate of drug-likeness (QED) is 0.292. The Hall–Kier alpha value is -1.63. The van der Waals surface area contributed by atoms with Crippen molar-refractivity contribution in [3.8, 4) is 0 Å². The molecule has 1 fully saturated rings. The maximum Gasteiger partial charge on any atom is 0.248 e. The minimum Gasteiger partial charge on any atom is -0.390 e. The van der Waals surface area contributed by atoms with Crippen molar-refractivity contribution in [2.75, 3.05) is 19.7 Å².